The molecule has 0 fully saturated rings. The number of hydrogen-bond acceptors (Lipinski definition) is 5. The van der Waals surface area contributed by atoms with Crippen molar-refractivity contribution in [3.63, 3.8) is 0 Å². The Hall–Kier alpha value is -2.17. The number of carbonyl (C=O) groups is 2. The average Bonchev–Trinajstić information content (AvgIpc) is 2.91. The maximum atomic E-state index is 11.7. The van der Waals surface area contributed by atoms with E-state index >= 15 is 0 Å². The number of aromatic nitrogens is 3. The number of nitrogens with zero attached hydrogens (tertiary/aromatic N) is 3. The first-order valence-corrected chi connectivity index (χ1v) is 9.10. The van der Waals surface area contributed by atoms with Gasteiger partial charge in [-0.15, -0.1) is 5.10 Å². The highest BCUT2D eigenvalue weighted by atomic mass is 127. The van der Waals surface area contributed by atoms with Crippen molar-refractivity contribution in [2.75, 3.05) is 6.54 Å². The molecule has 0 unspecified atom stereocenters. The van der Waals surface area contributed by atoms with E-state index in [9.17, 15) is 14.7 Å². The molecule has 0 radical (unpaired) electrons. The van der Waals surface area contributed by atoms with Gasteiger partial charge in [0.1, 0.15) is 5.60 Å². The monoisotopic (exact) mass is 472 g/mol. The van der Waals surface area contributed by atoms with Gasteiger partial charge in [-0.25, -0.2) is 14.3 Å². The summed E-state index contributed by atoms with van der Waals surface area (Å²) in [5, 5.41) is 19.6. The van der Waals surface area contributed by atoms with Gasteiger partial charge in [0.25, 0.3) is 0 Å². The van der Waals surface area contributed by atoms with Gasteiger partial charge in [-0.2, -0.15) is 0 Å². The lowest BCUT2D eigenvalue weighted by atomic mass is 10.2. The fourth-order valence-electron chi connectivity index (χ4n) is 2.23. The minimum Gasteiger partial charge on any atom is -0.476 e. The quantitative estimate of drug-likeness (QED) is 0.627. The highest BCUT2D eigenvalue weighted by Crippen LogP contribution is 2.12. The van der Waals surface area contributed by atoms with Crippen LogP contribution >= 0.6 is 22.6 Å². The molecule has 2 aromatic rings. The third-order valence-corrected chi connectivity index (χ3v) is 4.03. The zero-order chi connectivity index (χ0) is 19.3. The summed E-state index contributed by atoms with van der Waals surface area (Å²) in [5.74, 6) is -1.15. The molecule has 2 rings (SSSR count). The molecule has 8 nitrogen and oxygen atoms in total. The number of nitrogens with one attached hydrogen (secondary N) is 1. The molecule has 0 saturated heterocycles. The number of carbonyl (C=O) groups excluding carboxylic acids is 1. The van der Waals surface area contributed by atoms with Crippen molar-refractivity contribution >= 4 is 34.7 Å². The van der Waals surface area contributed by atoms with Crippen LogP contribution in [0.25, 0.3) is 0 Å². The second kappa shape index (κ2) is 8.47. The Balaban J connectivity index is 2.08. The highest BCUT2D eigenvalue weighted by Gasteiger charge is 2.20. The molecule has 1 heterocycles. The normalized spacial score (nSPS) is 11.2. The Morgan fingerprint density at radius 2 is 1.92 bits per heavy atom. The van der Waals surface area contributed by atoms with Crippen molar-refractivity contribution in [3.05, 3.63) is 44.8 Å². The van der Waals surface area contributed by atoms with Gasteiger partial charge in [0, 0.05) is 16.5 Å². The first-order chi connectivity index (χ1) is 12.2. The molecule has 0 bridgehead atoms. The van der Waals surface area contributed by atoms with E-state index in [1.807, 2.05) is 24.3 Å². The van der Waals surface area contributed by atoms with Crippen molar-refractivity contribution in [3.8, 4) is 0 Å². The standard InChI is InChI=1S/C17H21IN4O4/c1-17(2,3)26-16(25)19-9-8-13-14(15(23)24)20-21-22(13)10-11-4-6-12(18)7-5-11/h4-7H,8-10H2,1-3H3,(H,19,25)(H,23,24). The first kappa shape index (κ1) is 20.1. The van der Waals surface area contributed by atoms with Crippen LogP contribution in [0.2, 0.25) is 0 Å². The minimum absolute atomic E-state index is 0.110. The Bertz CT molecular complexity index is 781. The number of carboxylic acid groups (broad SMARTS) is 1. The molecule has 0 aliphatic carbocycles. The predicted octanol–water partition coefficient (Wildman–Crippen LogP) is 2.70. The fraction of sp³-hybridized carbons (Fsp3) is 0.412. The second-order valence-electron chi connectivity index (χ2n) is 6.65. The topological polar surface area (TPSA) is 106 Å². The van der Waals surface area contributed by atoms with E-state index in [4.69, 9.17) is 4.74 Å². The van der Waals surface area contributed by atoms with Gasteiger partial charge in [0.2, 0.25) is 0 Å². The summed E-state index contributed by atoms with van der Waals surface area (Å²) in [4.78, 5) is 23.1. The van der Waals surface area contributed by atoms with Crippen LogP contribution in [0.5, 0.6) is 0 Å². The summed E-state index contributed by atoms with van der Waals surface area (Å²) in [6.45, 7) is 5.94. The van der Waals surface area contributed by atoms with E-state index in [1.165, 1.54) is 0 Å². The largest absolute Gasteiger partial charge is 0.476 e. The zero-order valence-corrected chi connectivity index (χ0v) is 17.0. The lowest BCUT2D eigenvalue weighted by molar-refractivity contribution is 0.0528. The highest BCUT2D eigenvalue weighted by molar-refractivity contribution is 14.1. The van der Waals surface area contributed by atoms with Crippen molar-refractivity contribution < 1.29 is 19.4 Å². The van der Waals surface area contributed by atoms with Crippen molar-refractivity contribution in [1.29, 1.82) is 0 Å². The van der Waals surface area contributed by atoms with Gasteiger partial charge >= 0.3 is 12.1 Å². The van der Waals surface area contributed by atoms with Crippen LogP contribution in [0.4, 0.5) is 4.79 Å². The summed E-state index contributed by atoms with van der Waals surface area (Å²) in [6, 6.07) is 7.84. The summed E-state index contributed by atoms with van der Waals surface area (Å²) in [7, 11) is 0. The van der Waals surface area contributed by atoms with Gasteiger partial charge in [-0.1, -0.05) is 17.3 Å². The maximum absolute atomic E-state index is 11.7. The first-order valence-electron chi connectivity index (χ1n) is 8.02. The van der Waals surface area contributed by atoms with Crippen molar-refractivity contribution in [1.82, 2.24) is 20.3 Å². The van der Waals surface area contributed by atoms with Crippen LogP contribution in [-0.2, 0) is 17.7 Å². The molecule has 26 heavy (non-hydrogen) atoms. The lowest BCUT2D eigenvalue weighted by Crippen LogP contribution is -2.34. The molecular formula is C17H21IN4O4. The van der Waals surface area contributed by atoms with E-state index in [1.54, 1.807) is 25.5 Å². The number of alkyl carbamates (subject to hydrolysis) is 1. The Morgan fingerprint density at radius 1 is 1.27 bits per heavy atom. The molecule has 1 aromatic heterocycles. The van der Waals surface area contributed by atoms with Gasteiger partial charge < -0.3 is 15.2 Å². The van der Waals surface area contributed by atoms with Gasteiger partial charge in [0.15, 0.2) is 5.69 Å². The van der Waals surface area contributed by atoms with Crippen molar-refractivity contribution in [2.24, 2.45) is 0 Å². The number of hydrogen-bond donors (Lipinski definition) is 2. The fourth-order valence-corrected chi connectivity index (χ4v) is 2.59. The number of amides is 1. The zero-order valence-electron chi connectivity index (χ0n) is 14.8. The number of rotatable bonds is 6. The van der Waals surface area contributed by atoms with E-state index < -0.39 is 17.7 Å². The Kier molecular flexibility index (Phi) is 6.57. The minimum atomic E-state index is -1.15. The third-order valence-electron chi connectivity index (χ3n) is 3.32. The Labute approximate surface area is 165 Å². The molecule has 9 heteroatoms. The maximum Gasteiger partial charge on any atom is 0.407 e. The molecule has 2 N–H and O–H groups in total. The second-order valence-corrected chi connectivity index (χ2v) is 7.90. The number of aromatic carboxylic acids is 1. The predicted molar refractivity (Wildman–Crippen MR) is 103 cm³/mol. The van der Waals surface area contributed by atoms with E-state index in [-0.39, 0.29) is 18.7 Å². The van der Waals surface area contributed by atoms with Crippen LogP contribution in [0.1, 0.15) is 42.5 Å². The Morgan fingerprint density at radius 3 is 2.50 bits per heavy atom. The SMILES string of the molecule is CC(C)(C)OC(=O)NCCc1c(C(=O)O)nnn1Cc1ccc(I)cc1. The van der Waals surface area contributed by atoms with Crippen LogP contribution < -0.4 is 5.32 Å². The van der Waals surface area contributed by atoms with E-state index in [2.05, 4.69) is 38.2 Å². The smallest absolute Gasteiger partial charge is 0.407 e. The number of benzene rings is 1. The summed E-state index contributed by atoms with van der Waals surface area (Å²) in [6.07, 6.45) is -0.274. The molecule has 0 aliphatic rings. The molecule has 0 saturated carbocycles. The summed E-state index contributed by atoms with van der Waals surface area (Å²) >= 11 is 2.22. The van der Waals surface area contributed by atoms with Crippen LogP contribution in [0.15, 0.2) is 24.3 Å². The van der Waals surface area contributed by atoms with Crippen LogP contribution in [-0.4, -0.2) is 44.3 Å². The molecular weight excluding hydrogens is 451 g/mol. The molecule has 1 aromatic carbocycles. The summed E-state index contributed by atoms with van der Waals surface area (Å²) in [5.41, 5.74) is 0.729. The third kappa shape index (κ3) is 5.97. The average molecular weight is 472 g/mol. The van der Waals surface area contributed by atoms with E-state index in [0.29, 0.717) is 12.2 Å². The van der Waals surface area contributed by atoms with Gasteiger partial charge in [0.05, 0.1) is 12.2 Å². The summed E-state index contributed by atoms with van der Waals surface area (Å²) < 4.78 is 7.82. The number of ether oxygens (including phenoxy) is 1. The van der Waals surface area contributed by atoms with Crippen LogP contribution in [0, 0.1) is 3.57 Å². The molecule has 0 spiro atoms. The van der Waals surface area contributed by atoms with Crippen molar-refractivity contribution in [2.45, 2.75) is 39.3 Å². The lowest BCUT2D eigenvalue weighted by Gasteiger charge is -2.19. The van der Waals surface area contributed by atoms with Gasteiger partial charge in [-0.3, -0.25) is 0 Å². The molecule has 140 valence electrons. The number of halogens is 1. The molecule has 0 atom stereocenters. The van der Waals surface area contributed by atoms with Gasteiger partial charge in [-0.05, 0) is 61.1 Å². The number of carboxylic acids is 1. The molecule has 1 amide bonds. The van der Waals surface area contributed by atoms with Crippen LogP contribution in [0.3, 0.4) is 0 Å². The van der Waals surface area contributed by atoms with E-state index in [0.717, 1.165) is 9.13 Å². The molecule has 0 aliphatic heterocycles.